The second-order valence-corrected chi connectivity index (χ2v) is 8.79. The van der Waals surface area contributed by atoms with Crippen molar-refractivity contribution in [1.29, 1.82) is 0 Å². The van der Waals surface area contributed by atoms with Crippen LogP contribution in [-0.4, -0.2) is 54.9 Å². The van der Waals surface area contributed by atoms with Crippen molar-refractivity contribution in [3.8, 4) is 0 Å². The molecular formula is C17H27N5O3S. The standard InChI is InChI=1S/C17H27N5O3S/c1-12(18)9-10-19-17(23)8-7-16-20-14-11-13(26(24,25)21(2)3)5-6-15(14)22(16)4/h5-6,11-12H,7-10,18H2,1-4H3,(H,19,23). The van der Waals surface area contributed by atoms with E-state index in [-0.39, 0.29) is 16.8 Å². The second-order valence-electron chi connectivity index (χ2n) is 6.64. The molecule has 2 rings (SSSR count). The van der Waals surface area contributed by atoms with Crippen LogP contribution in [0.15, 0.2) is 23.1 Å². The maximum absolute atomic E-state index is 12.3. The monoisotopic (exact) mass is 381 g/mol. The number of nitrogens with zero attached hydrogens (tertiary/aromatic N) is 3. The van der Waals surface area contributed by atoms with E-state index < -0.39 is 10.0 Å². The van der Waals surface area contributed by atoms with Gasteiger partial charge >= 0.3 is 0 Å². The first-order valence-electron chi connectivity index (χ1n) is 8.53. The van der Waals surface area contributed by atoms with Crippen LogP contribution in [0.5, 0.6) is 0 Å². The van der Waals surface area contributed by atoms with Crippen molar-refractivity contribution < 1.29 is 13.2 Å². The zero-order valence-electron chi connectivity index (χ0n) is 15.7. The highest BCUT2D eigenvalue weighted by Gasteiger charge is 2.19. The third kappa shape index (κ3) is 4.60. The van der Waals surface area contributed by atoms with Crippen molar-refractivity contribution in [1.82, 2.24) is 19.2 Å². The van der Waals surface area contributed by atoms with Crippen molar-refractivity contribution in [2.24, 2.45) is 12.8 Å². The van der Waals surface area contributed by atoms with Crippen molar-refractivity contribution in [2.75, 3.05) is 20.6 Å². The van der Waals surface area contributed by atoms with E-state index in [2.05, 4.69) is 10.3 Å². The number of carbonyl (C=O) groups excluding carboxylic acids is 1. The Morgan fingerprint density at radius 1 is 1.38 bits per heavy atom. The second kappa shape index (κ2) is 8.15. The number of hydrogen-bond acceptors (Lipinski definition) is 5. The van der Waals surface area contributed by atoms with Gasteiger partial charge in [0.1, 0.15) is 5.82 Å². The quantitative estimate of drug-likeness (QED) is 0.696. The molecule has 1 aromatic heterocycles. The number of aromatic nitrogens is 2. The van der Waals surface area contributed by atoms with E-state index in [4.69, 9.17) is 5.73 Å². The van der Waals surface area contributed by atoms with Crippen LogP contribution in [0, 0.1) is 0 Å². The summed E-state index contributed by atoms with van der Waals surface area (Å²) in [7, 11) is 1.34. The van der Waals surface area contributed by atoms with Crippen molar-refractivity contribution >= 4 is 27.0 Å². The molecule has 0 fully saturated rings. The van der Waals surface area contributed by atoms with Crippen LogP contribution in [0.25, 0.3) is 11.0 Å². The van der Waals surface area contributed by atoms with Crippen molar-refractivity contribution in [2.45, 2.75) is 37.1 Å². The van der Waals surface area contributed by atoms with E-state index in [1.807, 2.05) is 18.5 Å². The Kier molecular flexibility index (Phi) is 6.38. The van der Waals surface area contributed by atoms with Gasteiger partial charge in [0.25, 0.3) is 0 Å². The smallest absolute Gasteiger partial charge is 0.242 e. The SMILES string of the molecule is CC(N)CCNC(=O)CCc1nc2cc(S(=O)(=O)N(C)C)ccc2n1C. The first-order chi connectivity index (χ1) is 12.1. The summed E-state index contributed by atoms with van der Waals surface area (Å²) >= 11 is 0. The summed E-state index contributed by atoms with van der Waals surface area (Å²) in [6.07, 6.45) is 1.53. The molecule has 1 atom stereocenters. The molecule has 3 N–H and O–H groups in total. The summed E-state index contributed by atoms with van der Waals surface area (Å²) in [6.45, 7) is 2.46. The first-order valence-corrected chi connectivity index (χ1v) is 9.97. The van der Waals surface area contributed by atoms with Crippen LogP contribution in [0.1, 0.15) is 25.6 Å². The number of rotatable bonds is 8. The fourth-order valence-corrected chi connectivity index (χ4v) is 3.50. The van der Waals surface area contributed by atoms with E-state index in [0.29, 0.717) is 24.9 Å². The fourth-order valence-electron chi connectivity index (χ4n) is 2.58. The zero-order valence-corrected chi connectivity index (χ0v) is 16.5. The number of carbonyl (C=O) groups is 1. The number of nitrogens with one attached hydrogen (secondary N) is 1. The predicted molar refractivity (Wildman–Crippen MR) is 101 cm³/mol. The van der Waals surface area contributed by atoms with E-state index in [1.165, 1.54) is 18.4 Å². The molecule has 1 aromatic carbocycles. The van der Waals surface area contributed by atoms with Crippen molar-refractivity contribution in [3.05, 3.63) is 24.0 Å². The average Bonchev–Trinajstić information content (AvgIpc) is 2.88. The summed E-state index contributed by atoms with van der Waals surface area (Å²) < 4.78 is 27.6. The molecular weight excluding hydrogens is 354 g/mol. The maximum Gasteiger partial charge on any atom is 0.242 e. The van der Waals surface area contributed by atoms with Gasteiger partial charge in [-0.2, -0.15) is 0 Å². The Morgan fingerprint density at radius 2 is 2.08 bits per heavy atom. The third-order valence-electron chi connectivity index (χ3n) is 4.22. The molecule has 9 heteroatoms. The van der Waals surface area contributed by atoms with Gasteiger partial charge in [0.05, 0.1) is 15.9 Å². The minimum Gasteiger partial charge on any atom is -0.356 e. The largest absolute Gasteiger partial charge is 0.356 e. The zero-order chi connectivity index (χ0) is 19.5. The Hall–Kier alpha value is -1.97. The molecule has 8 nitrogen and oxygen atoms in total. The number of nitrogens with two attached hydrogens (primary N) is 1. The lowest BCUT2D eigenvalue weighted by molar-refractivity contribution is -0.121. The minimum absolute atomic E-state index is 0.0476. The number of sulfonamides is 1. The van der Waals surface area contributed by atoms with Gasteiger partial charge in [-0.15, -0.1) is 0 Å². The molecule has 2 aromatic rings. The van der Waals surface area contributed by atoms with Gasteiger partial charge in [-0.25, -0.2) is 17.7 Å². The summed E-state index contributed by atoms with van der Waals surface area (Å²) in [4.78, 5) is 16.6. The van der Waals surface area contributed by atoms with Crippen LogP contribution in [0.2, 0.25) is 0 Å². The fraction of sp³-hybridized carbons (Fsp3) is 0.529. The molecule has 1 amide bonds. The summed E-state index contributed by atoms with van der Waals surface area (Å²) in [5.74, 6) is 0.690. The molecule has 0 aliphatic rings. The van der Waals surface area contributed by atoms with Crippen LogP contribution < -0.4 is 11.1 Å². The number of benzene rings is 1. The molecule has 0 bridgehead atoms. The summed E-state index contributed by atoms with van der Waals surface area (Å²) in [6, 6.07) is 4.94. The lowest BCUT2D eigenvalue weighted by atomic mass is 10.2. The molecule has 0 saturated heterocycles. The molecule has 0 aliphatic heterocycles. The highest BCUT2D eigenvalue weighted by Crippen LogP contribution is 2.21. The summed E-state index contributed by atoms with van der Waals surface area (Å²) in [5, 5.41) is 2.84. The van der Waals surface area contributed by atoms with Crippen LogP contribution in [0.3, 0.4) is 0 Å². The van der Waals surface area contributed by atoms with E-state index in [1.54, 1.807) is 18.2 Å². The highest BCUT2D eigenvalue weighted by atomic mass is 32.2. The Labute approximate surface area is 154 Å². The molecule has 0 spiro atoms. The number of aryl methyl sites for hydroxylation is 2. The number of imidazole rings is 1. The molecule has 144 valence electrons. The van der Waals surface area contributed by atoms with Gasteiger partial charge in [-0.05, 0) is 31.5 Å². The molecule has 1 heterocycles. The van der Waals surface area contributed by atoms with Gasteiger partial charge in [0, 0.05) is 46.6 Å². The molecule has 1 unspecified atom stereocenters. The van der Waals surface area contributed by atoms with Gasteiger partial charge in [-0.1, -0.05) is 0 Å². The lowest BCUT2D eigenvalue weighted by Gasteiger charge is -2.10. The van der Waals surface area contributed by atoms with Gasteiger partial charge < -0.3 is 15.6 Å². The Balaban J connectivity index is 2.12. The number of fused-ring (bicyclic) bond motifs is 1. The van der Waals surface area contributed by atoms with E-state index >= 15 is 0 Å². The molecule has 0 radical (unpaired) electrons. The minimum atomic E-state index is -3.51. The Morgan fingerprint density at radius 3 is 2.69 bits per heavy atom. The van der Waals surface area contributed by atoms with Crippen LogP contribution in [0.4, 0.5) is 0 Å². The van der Waals surface area contributed by atoms with Gasteiger partial charge in [0.15, 0.2) is 0 Å². The van der Waals surface area contributed by atoms with E-state index in [9.17, 15) is 13.2 Å². The van der Waals surface area contributed by atoms with Crippen LogP contribution in [-0.2, 0) is 28.3 Å². The number of hydrogen-bond donors (Lipinski definition) is 2. The van der Waals surface area contributed by atoms with Gasteiger partial charge in [0.2, 0.25) is 15.9 Å². The van der Waals surface area contributed by atoms with E-state index in [0.717, 1.165) is 17.8 Å². The van der Waals surface area contributed by atoms with Crippen LogP contribution >= 0.6 is 0 Å². The molecule has 0 saturated carbocycles. The number of amides is 1. The lowest BCUT2D eigenvalue weighted by Crippen LogP contribution is -2.29. The third-order valence-corrected chi connectivity index (χ3v) is 6.03. The van der Waals surface area contributed by atoms with Gasteiger partial charge in [-0.3, -0.25) is 4.79 Å². The van der Waals surface area contributed by atoms with Crippen molar-refractivity contribution in [3.63, 3.8) is 0 Å². The molecule has 0 aliphatic carbocycles. The predicted octanol–water partition coefficient (Wildman–Crippen LogP) is 0.610. The average molecular weight is 382 g/mol. The highest BCUT2D eigenvalue weighted by molar-refractivity contribution is 7.89. The normalized spacial score (nSPS) is 13.3. The topological polar surface area (TPSA) is 110 Å². The first kappa shape index (κ1) is 20.3. The maximum atomic E-state index is 12.3. The Bertz CT molecular complexity index is 887. The summed E-state index contributed by atoms with van der Waals surface area (Å²) in [5.41, 5.74) is 7.09. The molecule has 26 heavy (non-hydrogen) atoms.